The number of rotatable bonds is 10. The summed E-state index contributed by atoms with van der Waals surface area (Å²) in [5.41, 5.74) is 1.27. The normalized spacial score (nSPS) is 22.0. The number of sulfonamides is 1. The predicted molar refractivity (Wildman–Crippen MR) is 136 cm³/mol. The van der Waals surface area contributed by atoms with E-state index in [1.165, 1.54) is 11.4 Å². The van der Waals surface area contributed by atoms with Gasteiger partial charge < -0.3 is 19.3 Å². The Balaban J connectivity index is 1.44. The van der Waals surface area contributed by atoms with E-state index in [0.29, 0.717) is 22.9 Å². The second kappa shape index (κ2) is 12.0. The lowest BCUT2D eigenvalue weighted by molar-refractivity contribution is -0.136. The molecule has 2 fully saturated rings. The summed E-state index contributed by atoms with van der Waals surface area (Å²) in [5, 5.41) is 0. The van der Waals surface area contributed by atoms with E-state index in [2.05, 4.69) is 16.8 Å². The Morgan fingerprint density at radius 1 is 1.09 bits per heavy atom. The topological polar surface area (TPSA) is 82.6 Å². The minimum absolute atomic E-state index is 0.0410. The van der Waals surface area contributed by atoms with Crippen molar-refractivity contribution in [2.45, 2.75) is 50.1 Å². The van der Waals surface area contributed by atoms with Gasteiger partial charge in [-0.3, -0.25) is 9.69 Å². The molecule has 0 N–H and O–H groups in total. The van der Waals surface area contributed by atoms with Crippen LogP contribution in [0.3, 0.4) is 0 Å². The molecule has 9 nitrogen and oxygen atoms in total. The number of benzene rings is 1. The molecule has 2 unspecified atom stereocenters. The van der Waals surface area contributed by atoms with Crippen LogP contribution in [0.15, 0.2) is 17.0 Å². The molecular weight excluding hydrogens is 468 g/mol. The molecule has 35 heavy (non-hydrogen) atoms. The van der Waals surface area contributed by atoms with Gasteiger partial charge in [0.05, 0.1) is 18.6 Å². The third-order valence-corrected chi connectivity index (χ3v) is 9.65. The van der Waals surface area contributed by atoms with Gasteiger partial charge in [0.1, 0.15) is 12.4 Å². The molecule has 1 saturated carbocycles. The molecule has 0 spiro atoms. The van der Waals surface area contributed by atoms with Crippen LogP contribution >= 0.6 is 0 Å². The van der Waals surface area contributed by atoms with E-state index < -0.39 is 10.0 Å². The van der Waals surface area contributed by atoms with E-state index in [9.17, 15) is 13.2 Å². The number of ether oxygens (including phenoxy) is 2. The van der Waals surface area contributed by atoms with Gasteiger partial charge in [0, 0.05) is 58.9 Å². The van der Waals surface area contributed by atoms with Gasteiger partial charge in [0.2, 0.25) is 15.9 Å². The highest BCUT2D eigenvalue weighted by Gasteiger charge is 2.34. The molecule has 198 valence electrons. The predicted octanol–water partition coefficient (Wildman–Crippen LogP) is 1.58. The van der Waals surface area contributed by atoms with E-state index in [0.717, 1.165) is 45.4 Å². The van der Waals surface area contributed by atoms with Crippen molar-refractivity contribution in [3.63, 3.8) is 0 Å². The van der Waals surface area contributed by atoms with Crippen LogP contribution in [-0.4, -0.2) is 120 Å². The molecule has 2 atom stereocenters. The van der Waals surface area contributed by atoms with Gasteiger partial charge in [-0.05, 0) is 63.4 Å². The molecule has 1 aromatic carbocycles. The van der Waals surface area contributed by atoms with Crippen LogP contribution < -0.4 is 4.74 Å². The molecule has 1 aliphatic heterocycles. The zero-order valence-corrected chi connectivity index (χ0v) is 22.9. The van der Waals surface area contributed by atoms with Crippen molar-refractivity contribution in [2.24, 2.45) is 0 Å². The number of hydrogen-bond donors (Lipinski definition) is 0. The molecule has 1 aromatic rings. The van der Waals surface area contributed by atoms with Crippen molar-refractivity contribution >= 4 is 15.9 Å². The van der Waals surface area contributed by atoms with Crippen molar-refractivity contribution in [2.75, 3.05) is 74.2 Å². The van der Waals surface area contributed by atoms with Crippen LogP contribution in [0.1, 0.15) is 30.4 Å². The minimum atomic E-state index is -3.68. The first kappa shape index (κ1) is 27.9. The Labute approximate surface area is 211 Å². The number of piperazine rings is 1. The lowest BCUT2D eigenvalue weighted by atomic mass is 10.1. The number of methoxy groups -OCH3 is 1. The van der Waals surface area contributed by atoms with E-state index in [-0.39, 0.29) is 36.6 Å². The summed E-state index contributed by atoms with van der Waals surface area (Å²) < 4.78 is 38.3. The largest absolute Gasteiger partial charge is 0.497 e. The highest BCUT2D eigenvalue weighted by Crippen LogP contribution is 2.29. The van der Waals surface area contributed by atoms with Gasteiger partial charge in [-0.15, -0.1) is 0 Å². The molecule has 10 heteroatoms. The second-order valence-electron chi connectivity index (χ2n) is 9.93. The maximum Gasteiger partial charge on any atom is 0.248 e. The molecule has 0 aromatic heterocycles. The minimum Gasteiger partial charge on any atom is -0.497 e. The van der Waals surface area contributed by atoms with Gasteiger partial charge >= 0.3 is 0 Å². The third-order valence-electron chi connectivity index (χ3n) is 7.49. The Kier molecular flexibility index (Phi) is 9.56. The quantitative estimate of drug-likeness (QED) is 0.442. The molecular formula is C25H42N4O5S. The van der Waals surface area contributed by atoms with Crippen LogP contribution in [0.5, 0.6) is 5.75 Å². The van der Waals surface area contributed by atoms with Crippen molar-refractivity contribution in [1.29, 1.82) is 0 Å². The fraction of sp³-hybridized carbons (Fsp3) is 0.720. The third kappa shape index (κ3) is 6.74. The average molecular weight is 511 g/mol. The number of likely N-dealkylation sites (N-methyl/N-ethyl adjacent to an activating group) is 3. The average Bonchev–Trinajstić information content (AvgIpc) is 3.31. The van der Waals surface area contributed by atoms with Gasteiger partial charge in [0.25, 0.3) is 0 Å². The summed E-state index contributed by atoms with van der Waals surface area (Å²) in [6.07, 6.45) is 3.15. The summed E-state index contributed by atoms with van der Waals surface area (Å²) in [7, 11) is 3.43. The van der Waals surface area contributed by atoms with Gasteiger partial charge in [-0.2, -0.15) is 4.31 Å². The van der Waals surface area contributed by atoms with Gasteiger partial charge in [-0.1, -0.05) is 0 Å². The number of amides is 1. The molecule has 0 radical (unpaired) electrons. The summed E-state index contributed by atoms with van der Waals surface area (Å²) in [5.74, 6) is 0.575. The highest BCUT2D eigenvalue weighted by molar-refractivity contribution is 7.89. The van der Waals surface area contributed by atoms with Crippen molar-refractivity contribution in [3.8, 4) is 5.75 Å². The lowest BCUT2D eigenvalue weighted by Gasteiger charge is -2.36. The Hall–Kier alpha value is -1.72. The van der Waals surface area contributed by atoms with Crippen LogP contribution in [0.4, 0.5) is 0 Å². The summed E-state index contributed by atoms with van der Waals surface area (Å²) in [4.78, 5) is 19.7. The molecule has 2 aliphatic rings. The molecule has 0 bridgehead atoms. The standard InChI is InChI=1S/C25H42N4O5S/c1-19-15-23(33-6)16-20(2)25(19)35(31,32)27(4)13-14-34-18-24(30)28(5)21-7-8-22(17-21)29-11-9-26(3)10-12-29/h15-16,21-22H,7-14,17-18H2,1-6H3. The molecule has 1 aliphatic carbocycles. The summed E-state index contributed by atoms with van der Waals surface area (Å²) in [6, 6.07) is 4.22. The van der Waals surface area contributed by atoms with E-state index in [1.807, 2.05) is 11.9 Å². The first-order valence-electron chi connectivity index (χ1n) is 12.4. The van der Waals surface area contributed by atoms with Crippen LogP contribution in [0.25, 0.3) is 0 Å². The maximum atomic E-state index is 13.1. The number of hydrogen-bond acceptors (Lipinski definition) is 7. The van der Waals surface area contributed by atoms with E-state index >= 15 is 0 Å². The monoisotopic (exact) mass is 510 g/mol. The summed E-state index contributed by atoms with van der Waals surface area (Å²) in [6.45, 7) is 8.20. The molecule has 1 heterocycles. The first-order chi connectivity index (χ1) is 16.5. The Morgan fingerprint density at radius 3 is 2.31 bits per heavy atom. The van der Waals surface area contributed by atoms with Gasteiger partial charge in [0.15, 0.2) is 0 Å². The smallest absolute Gasteiger partial charge is 0.248 e. The highest BCUT2D eigenvalue weighted by atomic mass is 32.2. The number of carbonyl (C=O) groups excluding carboxylic acids is 1. The maximum absolute atomic E-state index is 13.1. The summed E-state index contributed by atoms with van der Waals surface area (Å²) >= 11 is 0. The van der Waals surface area contributed by atoms with Crippen LogP contribution in [0.2, 0.25) is 0 Å². The van der Waals surface area contributed by atoms with E-state index in [4.69, 9.17) is 9.47 Å². The first-order valence-corrected chi connectivity index (χ1v) is 13.9. The Bertz CT molecular complexity index is 955. The van der Waals surface area contributed by atoms with E-state index in [1.54, 1.807) is 33.1 Å². The van der Waals surface area contributed by atoms with Crippen molar-refractivity contribution < 1.29 is 22.7 Å². The van der Waals surface area contributed by atoms with Gasteiger partial charge in [-0.25, -0.2) is 8.42 Å². The molecule has 3 rings (SSSR count). The van der Waals surface area contributed by atoms with Crippen LogP contribution in [-0.2, 0) is 19.6 Å². The lowest BCUT2D eigenvalue weighted by Crippen LogP contribution is -2.48. The van der Waals surface area contributed by atoms with Crippen LogP contribution in [0, 0.1) is 13.8 Å². The zero-order valence-electron chi connectivity index (χ0n) is 22.1. The fourth-order valence-corrected chi connectivity index (χ4v) is 6.73. The fourth-order valence-electron chi connectivity index (χ4n) is 5.17. The molecule has 1 amide bonds. The Morgan fingerprint density at radius 2 is 1.71 bits per heavy atom. The second-order valence-corrected chi connectivity index (χ2v) is 11.9. The number of aryl methyl sites for hydroxylation is 2. The van der Waals surface area contributed by atoms with Crippen molar-refractivity contribution in [1.82, 2.24) is 19.0 Å². The van der Waals surface area contributed by atoms with Crippen molar-refractivity contribution in [3.05, 3.63) is 23.3 Å². The molecule has 1 saturated heterocycles. The number of carbonyl (C=O) groups is 1. The zero-order chi connectivity index (χ0) is 25.8. The SMILES string of the molecule is COc1cc(C)c(S(=O)(=O)N(C)CCOCC(=O)N(C)C2CCC(N3CCN(C)CC3)C2)c(C)c1. The number of nitrogens with zero attached hydrogens (tertiary/aromatic N) is 4.